The highest BCUT2D eigenvalue weighted by molar-refractivity contribution is 6.02. The van der Waals surface area contributed by atoms with Crippen LogP contribution in [0.4, 0.5) is 5.69 Å². The molecule has 0 saturated carbocycles. The summed E-state index contributed by atoms with van der Waals surface area (Å²) in [6.07, 6.45) is 0. The van der Waals surface area contributed by atoms with Crippen molar-refractivity contribution in [2.75, 3.05) is 18.5 Å². The van der Waals surface area contributed by atoms with Crippen molar-refractivity contribution in [2.45, 2.75) is 13.5 Å². The molecule has 6 heteroatoms. The van der Waals surface area contributed by atoms with Crippen LogP contribution in [-0.2, 0) is 6.54 Å². The molecule has 0 saturated heterocycles. The number of fused-ring (bicyclic) bond motifs is 1. The van der Waals surface area contributed by atoms with Gasteiger partial charge in [0.2, 0.25) is 5.76 Å². The molecule has 0 unspecified atom stereocenters. The van der Waals surface area contributed by atoms with E-state index < -0.39 is 0 Å². The predicted molar refractivity (Wildman–Crippen MR) is 72.8 cm³/mol. The molecule has 1 amide bonds. The van der Waals surface area contributed by atoms with Crippen LogP contribution in [0.1, 0.15) is 21.8 Å². The van der Waals surface area contributed by atoms with Gasteiger partial charge in [-0.05, 0) is 25.1 Å². The normalized spacial score (nSPS) is 14.1. The van der Waals surface area contributed by atoms with Gasteiger partial charge in [-0.3, -0.25) is 4.79 Å². The summed E-state index contributed by atoms with van der Waals surface area (Å²) in [5.74, 6) is 0.739. The van der Waals surface area contributed by atoms with Crippen molar-refractivity contribution >= 4 is 11.6 Å². The monoisotopic (exact) mass is 273 g/mol. The van der Waals surface area contributed by atoms with Gasteiger partial charge in [0, 0.05) is 30.4 Å². The van der Waals surface area contributed by atoms with E-state index in [1.54, 1.807) is 13.0 Å². The quantitative estimate of drug-likeness (QED) is 0.871. The van der Waals surface area contributed by atoms with Crippen molar-refractivity contribution in [3.8, 4) is 5.75 Å². The van der Waals surface area contributed by atoms with Crippen LogP contribution >= 0.6 is 0 Å². The zero-order valence-corrected chi connectivity index (χ0v) is 11.1. The van der Waals surface area contributed by atoms with E-state index in [0.29, 0.717) is 18.0 Å². The molecule has 0 fully saturated rings. The lowest BCUT2D eigenvalue weighted by molar-refractivity contribution is 0.0988. The topological polar surface area (TPSA) is 76.4 Å². The fourth-order valence-electron chi connectivity index (χ4n) is 2.06. The third-order valence-corrected chi connectivity index (χ3v) is 3.02. The standard InChI is InChI=1S/C14H15N3O3/c1-9-6-13(20-17-9)14(18)16-11-2-3-12-10(7-11)8-15-4-5-19-12/h2-3,6-7,15H,4-5,8H2,1H3,(H,16,18). The molecule has 1 aliphatic rings. The molecule has 2 heterocycles. The molecule has 0 bridgehead atoms. The van der Waals surface area contributed by atoms with Crippen LogP contribution in [0, 0.1) is 6.92 Å². The first-order valence-electron chi connectivity index (χ1n) is 6.43. The van der Waals surface area contributed by atoms with Crippen LogP contribution in [0.3, 0.4) is 0 Å². The van der Waals surface area contributed by atoms with Gasteiger partial charge in [-0.25, -0.2) is 0 Å². The fourth-order valence-corrected chi connectivity index (χ4v) is 2.06. The number of aromatic nitrogens is 1. The zero-order valence-electron chi connectivity index (χ0n) is 11.1. The Kier molecular flexibility index (Phi) is 3.39. The average Bonchev–Trinajstić information content (AvgIpc) is 2.74. The lowest BCUT2D eigenvalue weighted by Crippen LogP contribution is -2.16. The lowest BCUT2D eigenvalue weighted by Gasteiger charge is -2.09. The Morgan fingerprint density at radius 2 is 2.30 bits per heavy atom. The molecular formula is C14H15N3O3. The molecule has 0 aliphatic carbocycles. The second-order valence-electron chi connectivity index (χ2n) is 4.63. The van der Waals surface area contributed by atoms with Crippen LogP contribution < -0.4 is 15.4 Å². The Hall–Kier alpha value is -2.34. The van der Waals surface area contributed by atoms with Gasteiger partial charge >= 0.3 is 0 Å². The largest absolute Gasteiger partial charge is 0.492 e. The van der Waals surface area contributed by atoms with E-state index in [4.69, 9.17) is 9.26 Å². The van der Waals surface area contributed by atoms with E-state index in [1.807, 2.05) is 18.2 Å². The summed E-state index contributed by atoms with van der Waals surface area (Å²) >= 11 is 0. The highest BCUT2D eigenvalue weighted by Gasteiger charge is 2.14. The second kappa shape index (κ2) is 5.34. The average molecular weight is 273 g/mol. The molecule has 2 N–H and O–H groups in total. The van der Waals surface area contributed by atoms with Crippen molar-refractivity contribution in [3.05, 3.63) is 41.3 Å². The van der Waals surface area contributed by atoms with E-state index in [0.717, 1.165) is 24.4 Å². The number of carbonyl (C=O) groups is 1. The van der Waals surface area contributed by atoms with Crippen molar-refractivity contribution in [3.63, 3.8) is 0 Å². The summed E-state index contributed by atoms with van der Waals surface area (Å²) in [6, 6.07) is 7.17. The van der Waals surface area contributed by atoms with Crippen LogP contribution in [0.15, 0.2) is 28.8 Å². The Bertz CT molecular complexity index is 636. The Balaban J connectivity index is 1.77. The zero-order chi connectivity index (χ0) is 13.9. The third kappa shape index (κ3) is 2.65. The predicted octanol–water partition coefficient (Wildman–Crippen LogP) is 1.72. The van der Waals surface area contributed by atoms with Crippen LogP contribution in [-0.4, -0.2) is 24.2 Å². The van der Waals surface area contributed by atoms with Crippen molar-refractivity contribution in [1.29, 1.82) is 0 Å². The summed E-state index contributed by atoms with van der Waals surface area (Å²) in [5, 5.41) is 9.73. The molecule has 1 aliphatic heterocycles. The summed E-state index contributed by atoms with van der Waals surface area (Å²) < 4.78 is 10.5. The first-order valence-corrected chi connectivity index (χ1v) is 6.43. The number of carbonyl (C=O) groups excluding carboxylic acids is 1. The Labute approximate surface area is 116 Å². The van der Waals surface area contributed by atoms with Crippen LogP contribution in [0.2, 0.25) is 0 Å². The minimum Gasteiger partial charge on any atom is -0.492 e. The molecule has 104 valence electrons. The van der Waals surface area contributed by atoms with Gasteiger partial charge in [0.25, 0.3) is 5.91 Å². The number of anilines is 1. The summed E-state index contributed by atoms with van der Waals surface area (Å²) in [6.45, 7) is 3.95. The third-order valence-electron chi connectivity index (χ3n) is 3.02. The molecule has 1 aromatic heterocycles. The van der Waals surface area contributed by atoms with Gasteiger partial charge in [0.05, 0.1) is 5.69 Å². The molecule has 6 nitrogen and oxygen atoms in total. The minimum atomic E-state index is -0.312. The van der Waals surface area contributed by atoms with Gasteiger partial charge in [-0.2, -0.15) is 0 Å². The number of rotatable bonds is 2. The Morgan fingerprint density at radius 1 is 1.40 bits per heavy atom. The molecule has 3 rings (SSSR count). The number of nitrogens with zero attached hydrogens (tertiary/aromatic N) is 1. The maximum Gasteiger partial charge on any atom is 0.294 e. The first-order chi connectivity index (χ1) is 9.72. The first kappa shape index (κ1) is 12.7. The maximum atomic E-state index is 12.0. The van der Waals surface area contributed by atoms with Crippen molar-refractivity contribution < 1.29 is 14.1 Å². The molecule has 2 aromatic rings. The van der Waals surface area contributed by atoms with E-state index >= 15 is 0 Å². The van der Waals surface area contributed by atoms with Gasteiger partial charge in [0.1, 0.15) is 12.4 Å². The summed E-state index contributed by atoms with van der Waals surface area (Å²) in [5.41, 5.74) is 2.40. The Morgan fingerprint density at radius 3 is 3.10 bits per heavy atom. The molecular weight excluding hydrogens is 258 g/mol. The van der Waals surface area contributed by atoms with Gasteiger partial charge in [0.15, 0.2) is 0 Å². The maximum absolute atomic E-state index is 12.0. The molecule has 1 aromatic carbocycles. The molecule has 0 spiro atoms. The number of aryl methyl sites for hydroxylation is 1. The van der Waals surface area contributed by atoms with E-state index in [1.165, 1.54) is 0 Å². The smallest absolute Gasteiger partial charge is 0.294 e. The number of nitrogens with one attached hydrogen (secondary N) is 2. The van der Waals surface area contributed by atoms with Crippen LogP contribution in [0.25, 0.3) is 0 Å². The van der Waals surface area contributed by atoms with Crippen molar-refractivity contribution in [1.82, 2.24) is 10.5 Å². The van der Waals surface area contributed by atoms with Crippen molar-refractivity contribution in [2.24, 2.45) is 0 Å². The number of hydrogen-bond donors (Lipinski definition) is 2. The highest BCUT2D eigenvalue weighted by Crippen LogP contribution is 2.24. The minimum absolute atomic E-state index is 0.201. The second-order valence-corrected chi connectivity index (χ2v) is 4.63. The fraction of sp³-hybridized carbons (Fsp3) is 0.286. The number of hydrogen-bond acceptors (Lipinski definition) is 5. The van der Waals surface area contributed by atoms with E-state index in [-0.39, 0.29) is 11.7 Å². The summed E-state index contributed by atoms with van der Waals surface area (Å²) in [4.78, 5) is 12.0. The lowest BCUT2D eigenvalue weighted by atomic mass is 10.1. The highest BCUT2D eigenvalue weighted by atomic mass is 16.5. The molecule has 0 radical (unpaired) electrons. The number of amides is 1. The number of ether oxygens (including phenoxy) is 1. The van der Waals surface area contributed by atoms with Gasteiger partial charge < -0.3 is 19.9 Å². The molecule has 20 heavy (non-hydrogen) atoms. The van der Waals surface area contributed by atoms with Crippen LogP contribution in [0.5, 0.6) is 5.75 Å². The van der Waals surface area contributed by atoms with Gasteiger partial charge in [-0.15, -0.1) is 0 Å². The number of benzene rings is 1. The van der Waals surface area contributed by atoms with Gasteiger partial charge in [-0.1, -0.05) is 5.16 Å². The molecule has 0 atom stereocenters. The SMILES string of the molecule is Cc1cc(C(=O)Nc2ccc3c(c2)CNCCO3)on1. The van der Waals surface area contributed by atoms with E-state index in [2.05, 4.69) is 15.8 Å². The summed E-state index contributed by atoms with van der Waals surface area (Å²) in [7, 11) is 0. The van der Waals surface area contributed by atoms with E-state index in [9.17, 15) is 4.79 Å².